The van der Waals surface area contributed by atoms with Gasteiger partial charge < -0.3 is 9.84 Å². The maximum atomic E-state index is 9.90. The van der Waals surface area contributed by atoms with Crippen molar-refractivity contribution in [1.29, 1.82) is 5.26 Å². The van der Waals surface area contributed by atoms with Crippen LogP contribution in [-0.2, 0) is 0 Å². The highest BCUT2D eigenvalue weighted by Gasteiger charge is 2.11. The zero-order chi connectivity index (χ0) is 14.1. The van der Waals surface area contributed by atoms with E-state index in [-0.39, 0.29) is 6.61 Å². The van der Waals surface area contributed by atoms with Crippen LogP contribution in [0.4, 0.5) is 0 Å². The summed E-state index contributed by atoms with van der Waals surface area (Å²) in [6, 6.07) is 9.57. The minimum absolute atomic E-state index is 0.229. The molecular formula is C14H19BrN2O2. The van der Waals surface area contributed by atoms with E-state index >= 15 is 0 Å². The minimum Gasteiger partial charge on any atom is -0.491 e. The lowest BCUT2D eigenvalue weighted by atomic mass is 10.3. The Morgan fingerprint density at radius 2 is 2.11 bits per heavy atom. The summed E-state index contributed by atoms with van der Waals surface area (Å²) >= 11 is 3.35. The van der Waals surface area contributed by atoms with Gasteiger partial charge in [-0.2, -0.15) is 5.26 Å². The molecule has 0 saturated carbocycles. The Balaban J connectivity index is 2.35. The average molecular weight is 327 g/mol. The first-order valence-corrected chi connectivity index (χ1v) is 7.10. The van der Waals surface area contributed by atoms with Gasteiger partial charge in [-0.1, -0.05) is 22.9 Å². The highest BCUT2D eigenvalue weighted by Crippen LogP contribution is 2.16. The molecule has 0 bridgehead atoms. The Morgan fingerprint density at radius 3 is 2.68 bits per heavy atom. The van der Waals surface area contributed by atoms with Crippen LogP contribution in [-0.4, -0.2) is 42.4 Å². The van der Waals surface area contributed by atoms with Crippen molar-refractivity contribution < 1.29 is 9.84 Å². The van der Waals surface area contributed by atoms with Crippen molar-refractivity contribution in [3.8, 4) is 11.8 Å². The van der Waals surface area contributed by atoms with E-state index in [9.17, 15) is 5.11 Å². The lowest BCUT2D eigenvalue weighted by molar-refractivity contribution is 0.0724. The quantitative estimate of drug-likeness (QED) is 0.745. The van der Waals surface area contributed by atoms with Crippen LogP contribution < -0.4 is 4.74 Å². The Hall–Kier alpha value is -1.09. The van der Waals surface area contributed by atoms with Crippen molar-refractivity contribution >= 4 is 15.9 Å². The topological polar surface area (TPSA) is 56.5 Å². The molecule has 1 rings (SSSR count). The Kier molecular flexibility index (Phi) is 7.49. The second-order valence-corrected chi connectivity index (χ2v) is 5.23. The standard InChI is InChI=1S/C14H19BrN2O2/c1-2-8-17(9-7-16)10-13(18)11-19-14-5-3-12(15)4-6-14/h3-6,13,18H,2,8-11H2,1H3. The monoisotopic (exact) mass is 326 g/mol. The van der Waals surface area contributed by atoms with Gasteiger partial charge in [0.2, 0.25) is 0 Å². The number of nitriles is 1. The van der Waals surface area contributed by atoms with Crippen LogP contribution in [0.3, 0.4) is 0 Å². The van der Waals surface area contributed by atoms with Gasteiger partial charge in [0, 0.05) is 11.0 Å². The molecule has 19 heavy (non-hydrogen) atoms. The number of nitrogens with zero attached hydrogens (tertiary/aromatic N) is 2. The first-order valence-electron chi connectivity index (χ1n) is 6.31. The van der Waals surface area contributed by atoms with E-state index in [0.29, 0.717) is 13.1 Å². The molecule has 0 fully saturated rings. The van der Waals surface area contributed by atoms with Gasteiger partial charge in [-0.05, 0) is 37.2 Å². The highest BCUT2D eigenvalue weighted by atomic mass is 79.9. The number of benzene rings is 1. The summed E-state index contributed by atoms with van der Waals surface area (Å²) in [6.45, 7) is 3.88. The van der Waals surface area contributed by atoms with Gasteiger partial charge in [0.1, 0.15) is 18.5 Å². The van der Waals surface area contributed by atoms with Crippen LogP contribution >= 0.6 is 15.9 Å². The molecule has 0 saturated heterocycles. The molecule has 5 heteroatoms. The summed E-state index contributed by atoms with van der Waals surface area (Å²) in [5.41, 5.74) is 0. The molecule has 0 heterocycles. The SMILES string of the molecule is CCCN(CC#N)CC(O)COc1ccc(Br)cc1. The third-order valence-corrected chi connectivity index (χ3v) is 3.09. The van der Waals surface area contributed by atoms with E-state index in [2.05, 4.69) is 28.9 Å². The van der Waals surface area contributed by atoms with E-state index in [4.69, 9.17) is 10.00 Å². The molecule has 0 aromatic heterocycles. The van der Waals surface area contributed by atoms with E-state index in [1.54, 1.807) is 0 Å². The fourth-order valence-corrected chi connectivity index (χ4v) is 1.99. The number of aliphatic hydroxyl groups is 1. The summed E-state index contributed by atoms with van der Waals surface area (Å²) in [4.78, 5) is 1.93. The molecule has 1 aromatic carbocycles. The Morgan fingerprint density at radius 1 is 1.42 bits per heavy atom. The first kappa shape index (κ1) is 16.0. The minimum atomic E-state index is -0.594. The van der Waals surface area contributed by atoms with Gasteiger partial charge in [0.25, 0.3) is 0 Å². The molecule has 1 atom stereocenters. The lowest BCUT2D eigenvalue weighted by Crippen LogP contribution is -2.36. The van der Waals surface area contributed by atoms with Crippen molar-refractivity contribution in [2.75, 3.05) is 26.2 Å². The van der Waals surface area contributed by atoms with Crippen molar-refractivity contribution in [3.05, 3.63) is 28.7 Å². The zero-order valence-corrected chi connectivity index (χ0v) is 12.6. The summed E-state index contributed by atoms with van der Waals surface area (Å²) < 4.78 is 6.49. The number of hydrogen-bond donors (Lipinski definition) is 1. The zero-order valence-electron chi connectivity index (χ0n) is 11.1. The average Bonchev–Trinajstić information content (AvgIpc) is 2.39. The molecule has 0 aliphatic rings. The predicted octanol–water partition coefficient (Wildman–Crippen LogP) is 2.42. The van der Waals surface area contributed by atoms with Crippen LogP contribution in [0.5, 0.6) is 5.75 Å². The van der Waals surface area contributed by atoms with Crippen molar-refractivity contribution in [1.82, 2.24) is 4.90 Å². The number of aliphatic hydroxyl groups excluding tert-OH is 1. The van der Waals surface area contributed by atoms with Crippen LogP contribution in [0, 0.1) is 11.3 Å². The maximum Gasteiger partial charge on any atom is 0.119 e. The largest absolute Gasteiger partial charge is 0.491 e. The van der Waals surface area contributed by atoms with E-state index in [1.807, 2.05) is 29.2 Å². The smallest absolute Gasteiger partial charge is 0.119 e. The van der Waals surface area contributed by atoms with Crippen molar-refractivity contribution in [3.63, 3.8) is 0 Å². The lowest BCUT2D eigenvalue weighted by Gasteiger charge is -2.21. The fraction of sp³-hybridized carbons (Fsp3) is 0.500. The number of hydrogen-bond acceptors (Lipinski definition) is 4. The number of halogens is 1. The van der Waals surface area contributed by atoms with E-state index in [1.165, 1.54) is 0 Å². The summed E-state index contributed by atoms with van der Waals surface area (Å²) in [7, 11) is 0. The van der Waals surface area contributed by atoms with E-state index in [0.717, 1.165) is 23.2 Å². The normalized spacial score (nSPS) is 12.2. The molecule has 1 unspecified atom stereocenters. The fourth-order valence-electron chi connectivity index (χ4n) is 1.73. The van der Waals surface area contributed by atoms with Gasteiger partial charge in [0.05, 0.1) is 12.6 Å². The van der Waals surface area contributed by atoms with E-state index < -0.39 is 6.10 Å². The molecule has 0 aliphatic carbocycles. The third-order valence-electron chi connectivity index (χ3n) is 2.56. The Labute approximate surface area is 122 Å². The highest BCUT2D eigenvalue weighted by molar-refractivity contribution is 9.10. The molecule has 0 aliphatic heterocycles. The van der Waals surface area contributed by atoms with Crippen LogP contribution in [0.25, 0.3) is 0 Å². The predicted molar refractivity (Wildman–Crippen MR) is 78.0 cm³/mol. The number of rotatable bonds is 8. The van der Waals surface area contributed by atoms with Gasteiger partial charge in [0.15, 0.2) is 0 Å². The van der Waals surface area contributed by atoms with Gasteiger partial charge >= 0.3 is 0 Å². The molecule has 104 valence electrons. The molecule has 0 spiro atoms. The molecule has 4 nitrogen and oxygen atoms in total. The first-order chi connectivity index (χ1) is 9.15. The second kappa shape index (κ2) is 8.92. The summed E-state index contributed by atoms with van der Waals surface area (Å²) in [5.74, 6) is 0.726. The van der Waals surface area contributed by atoms with Crippen LogP contribution in [0.15, 0.2) is 28.7 Å². The van der Waals surface area contributed by atoms with Gasteiger partial charge in [-0.3, -0.25) is 4.90 Å². The second-order valence-electron chi connectivity index (χ2n) is 4.31. The maximum absolute atomic E-state index is 9.90. The van der Waals surface area contributed by atoms with Gasteiger partial charge in [-0.25, -0.2) is 0 Å². The molecular weight excluding hydrogens is 308 g/mol. The third kappa shape index (κ3) is 6.58. The number of ether oxygens (including phenoxy) is 1. The molecule has 0 amide bonds. The molecule has 0 radical (unpaired) electrons. The van der Waals surface area contributed by atoms with Crippen molar-refractivity contribution in [2.24, 2.45) is 0 Å². The van der Waals surface area contributed by atoms with Gasteiger partial charge in [-0.15, -0.1) is 0 Å². The van der Waals surface area contributed by atoms with Crippen LogP contribution in [0.1, 0.15) is 13.3 Å². The molecule has 1 aromatic rings. The van der Waals surface area contributed by atoms with Crippen LogP contribution in [0.2, 0.25) is 0 Å². The molecule has 1 N–H and O–H groups in total. The summed E-state index contributed by atoms with van der Waals surface area (Å²) in [5, 5.41) is 18.6. The van der Waals surface area contributed by atoms with Crippen molar-refractivity contribution in [2.45, 2.75) is 19.4 Å². The Bertz CT molecular complexity index is 403. The summed E-state index contributed by atoms with van der Waals surface area (Å²) in [6.07, 6.45) is 0.366.